The van der Waals surface area contributed by atoms with Crippen molar-refractivity contribution in [3.63, 3.8) is 0 Å². The van der Waals surface area contributed by atoms with Crippen LogP contribution in [-0.4, -0.2) is 33.5 Å². The van der Waals surface area contributed by atoms with Crippen LogP contribution in [0.1, 0.15) is 28.4 Å². The van der Waals surface area contributed by atoms with E-state index in [-0.39, 0.29) is 29.7 Å². The summed E-state index contributed by atoms with van der Waals surface area (Å²) in [6.07, 6.45) is 1.47. The Labute approximate surface area is 168 Å². The number of halogens is 1. The van der Waals surface area contributed by atoms with Gasteiger partial charge in [-0.25, -0.2) is 9.89 Å². The molecule has 2 heterocycles. The number of nitrogens with zero attached hydrogens (tertiary/aromatic N) is 1. The smallest absolute Gasteiger partial charge is 0.340 e. The van der Waals surface area contributed by atoms with Gasteiger partial charge in [0, 0.05) is 18.7 Å². The standard InChI is InChI=1S/C18H18BrN5O4/c19-14-8-7-13(28-14)17(26)21-12-5-3-11(4-6-12)10-16(25)20-9-1-2-15-22-18(27)24-23-15/h3-8H,1-2,9-10H2,(H,20,25)(H,21,26)(H2,22,23,24,27). The molecule has 2 aromatic heterocycles. The summed E-state index contributed by atoms with van der Waals surface area (Å²) in [7, 11) is 0. The SMILES string of the molecule is O=C(Cc1ccc(NC(=O)c2ccc(Br)o2)cc1)NCCCc1n[nH]c(=O)[nH]1. The summed E-state index contributed by atoms with van der Waals surface area (Å²) in [5.41, 5.74) is 1.10. The number of furan rings is 1. The Bertz CT molecular complexity index is 1010. The van der Waals surface area contributed by atoms with Gasteiger partial charge in [0.05, 0.1) is 6.42 Å². The molecule has 0 unspecified atom stereocenters. The summed E-state index contributed by atoms with van der Waals surface area (Å²) in [6, 6.07) is 10.2. The molecule has 9 nitrogen and oxygen atoms in total. The van der Waals surface area contributed by atoms with Crippen LogP contribution >= 0.6 is 15.9 Å². The monoisotopic (exact) mass is 447 g/mol. The normalized spacial score (nSPS) is 10.6. The van der Waals surface area contributed by atoms with Gasteiger partial charge in [0.1, 0.15) is 5.82 Å². The Morgan fingerprint density at radius 3 is 2.57 bits per heavy atom. The molecule has 0 aliphatic heterocycles. The average Bonchev–Trinajstić information content (AvgIpc) is 3.29. The lowest BCUT2D eigenvalue weighted by molar-refractivity contribution is -0.120. The van der Waals surface area contributed by atoms with Crippen LogP contribution in [0.5, 0.6) is 0 Å². The zero-order chi connectivity index (χ0) is 19.9. The first kappa shape index (κ1) is 19.6. The van der Waals surface area contributed by atoms with Crippen molar-refractivity contribution >= 4 is 33.4 Å². The van der Waals surface area contributed by atoms with Gasteiger partial charge in [-0.15, -0.1) is 0 Å². The second-order valence-corrected chi connectivity index (χ2v) is 6.79. The van der Waals surface area contributed by atoms with Crippen LogP contribution in [0.15, 0.2) is 50.3 Å². The highest BCUT2D eigenvalue weighted by Crippen LogP contribution is 2.16. The van der Waals surface area contributed by atoms with Gasteiger partial charge in [-0.05, 0) is 52.2 Å². The Morgan fingerprint density at radius 1 is 1.14 bits per heavy atom. The van der Waals surface area contributed by atoms with E-state index < -0.39 is 0 Å². The van der Waals surface area contributed by atoms with E-state index in [1.54, 1.807) is 36.4 Å². The number of aromatic amines is 2. The molecule has 3 aromatic rings. The third-order valence-corrected chi connectivity index (χ3v) is 4.26. The van der Waals surface area contributed by atoms with Crippen LogP contribution < -0.4 is 16.3 Å². The molecule has 146 valence electrons. The zero-order valence-corrected chi connectivity index (χ0v) is 16.3. The molecule has 0 fully saturated rings. The molecular weight excluding hydrogens is 430 g/mol. The van der Waals surface area contributed by atoms with Gasteiger partial charge in [0.15, 0.2) is 10.4 Å². The van der Waals surface area contributed by atoms with E-state index >= 15 is 0 Å². The zero-order valence-electron chi connectivity index (χ0n) is 14.8. The summed E-state index contributed by atoms with van der Waals surface area (Å²) in [5, 5.41) is 11.6. The van der Waals surface area contributed by atoms with Crippen molar-refractivity contribution in [3.8, 4) is 0 Å². The number of hydrogen-bond acceptors (Lipinski definition) is 5. The maximum Gasteiger partial charge on any atom is 0.340 e. The van der Waals surface area contributed by atoms with Crippen LogP contribution in [0.4, 0.5) is 5.69 Å². The molecular formula is C18H18BrN5O4. The summed E-state index contributed by atoms with van der Waals surface area (Å²) in [4.78, 5) is 37.5. The first-order valence-electron chi connectivity index (χ1n) is 8.55. The predicted molar refractivity (Wildman–Crippen MR) is 105 cm³/mol. The van der Waals surface area contributed by atoms with E-state index in [0.717, 1.165) is 5.56 Å². The highest BCUT2D eigenvalue weighted by atomic mass is 79.9. The molecule has 0 atom stereocenters. The third kappa shape index (κ3) is 5.68. The Morgan fingerprint density at radius 2 is 1.93 bits per heavy atom. The molecule has 0 aliphatic rings. The summed E-state index contributed by atoms with van der Waals surface area (Å²) in [5.74, 6) is 0.315. The molecule has 0 saturated carbocycles. The van der Waals surface area contributed by atoms with Crippen molar-refractivity contribution in [1.82, 2.24) is 20.5 Å². The fourth-order valence-corrected chi connectivity index (χ4v) is 2.80. The highest BCUT2D eigenvalue weighted by Gasteiger charge is 2.11. The lowest BCUT2D eigenvalue weighted by Crippen LogP contribution is -2.26. The molecule has 0 bridgehead atoms. The minimum Gasteiger partial charge on any atom is -0.444 e. The summed E-state index contributed by atoms with van der Waals surface area (Å²) < 4.78 is 5.68. The van der Waals surface area contributed by atoms with Crippen molar-refractivity contribution in [3.05, 3.63) is 68.7 Å². The fraction of sp³-hybridized carbons (Fsp3) is 0.222. The van der Waals surface area contributed by atoms with E-state index in [4.69, 9.17) is 4.42 Å². The largest absolute Gasteiger partial charge is 0.444 e. The number of anilines is 1. The van der Waals surface area contributed by atoms with Crippen LogP contribution in [0, 0.1) is 0 Å². The van der Waals surface area contributed by atoms with Crippen LogP contribution in [0.2, 0.25) is 0 Å². The van der Waals surface area contributed by atoms with Gasteiger partial charge in [-0.1, -0.05) is 12.1 Å². The molecule has 10 heteroatoms. The summed E-state index contributed by atoms with van der Waals surface area (Å²) in [6.45, 7) is 0.487. The van der Waals surface area contributed by atoms with E-state index in [1.165, 1.54) is 0 Å². The van der Waals surface area contributed by atoms with E-state index in [0.29, 0.717) is 35.6 Å². The number of rotatable bonds is 8. The Hall–Kier alpha value is -3.14. The van der Waals surface area contributed by atoms with Crippen LogP contribution in [0.3, 0.4) is 0 Å². The minimum atomic E-state index is -0.352. The first-order valence-corrected chi connectivity index (χ1v) is 9.35. The molecule has 3 rings (SSSR count). The first-order chi connectivity index (χ1) is 13.5. The molecule has 28 heavy (non-hydrogen) atoms. The molecule has 1 aromatic carbocycles. The van der Waals surface area contributed by atoms with Crippen LogP contribution in [0.25, 0.3) is 0 Å². The van der Waals surface area contributed by atoms with Gasteiger partial charge < -0.3 is 15.1 Å². The molecule has 0 radical (unpaired) electrons. The second-order valence-electron chi connectivity index (χ2n) is 6.01. The van der Waals surface area contributed by atoms with Crippen molar-refractivity contribution in [2.75, 3.05) is 11.9 Å². The predicted octanol–water partition coefficient (Wildman–Crippen LogP) is 2.00. The van der Waals surface area contributed by atoms with Gasteiger partial charge >= 0.3 is 5.69 Å². The number of carbonyl (C=O) groups is 2. The van der Waals surface area contributed by atoms with Crippen molar-refractivity contribution < 1.29 is 14.0 Å². The number of H-pyrrole nitrogens is 2. The van der Waals surface area contributed by atoms with Gasteiger partial charge in [0.2, 0.25) is 5.91 Å². The minimum absolute atomic E-state index is 0.104. The van der Waals surface area contributed by atoms with Crippen molar-refractivity contribution in [1.29, 1.82) is 0 Å². The van der Waals surface area contributed by atoms with Crippen LogP contribution in [-0.2, 0) is 17.6 Å². The third-order valence-electron chi connectivity index (χ3n) is 3.84. The number of amides is 2. The van der Waals surface area contributed by atoms with Gasteiger partial charge in [-0.2, -0.15) is 5.10 Å². The number of nitrogens with one attached hydrogen (secondary N) is 4. The fourth-order valence-electron chi connectivity index (χ4n) is 2.49. The highest BCUT2D eigenvalue weighted by molar-refractivity contribution is 9.10. The lowest BCUT2D eigenvalue weighted by Gasteiger charge is -2.07. The molecule has 0 aliphatic carbocycles. The number of hydrogen-bond donors (Lipinski definition) is 4. The topological polar surface area (TPSA) is 133 Å². The molecule has 2 amide bonds. The lowest BCUT2D eigenvalue weighted by atomic mass is 10.1. The van der Waals surface area contributed by atoms with E-state index in [1.807, 2.05) is 0 Å². The average molecular weight is 448 g/mol. The number of aryl methyl sites for hydroxylation is 1. The quantitative estimate of drug-likeness (QED) is 0.392. The maximum atomic E-state index is 12.0. The maximum absolute atomic E-state index is 12.0. The van der Waals surface area contributed by atoms with E-state index in [9.17, 15) is 14.4 Å². The second kappa shape index (κ2) is 9.18. The summed E-state index contributed by atoms with van der Waals surface area (Å²) >= 11 is 3.15. The molecule has 0 spiro atoms. The van der Waals surface area contributed by atoms with E-state index in [2.05, 4.69) is 41.7 Å². The van der Waals surface area contributed by atoms with Crippen molar-refractivity contribution in [2.45, 2.75) is 19.3 Å². The Balaban J connectivity index is 1.41. The number of aromatic nitrogens is 3. The van der Waals surface area contributed by atoms with Gasteiger partial charge in [0.25, 0.3) is 5.91 Å². The van der Waals surface area contributed by atoms with Crippen molar-refractivity contribution in [2.24, 2.45) is 0 Å². The van der Waals surface area contributed by atoms with Gasteiger partial charge in [-0.3, -0.25) is 14.6 Å². The number of carbonyl (C=O) groups excluding carboxylic acids is 2. The Kier molecular flexibility index (Phi) is 6.43. The molecule has 4 N–H and O–H groups in total. The molecule has 0 saturated heterocycles. The number of benzene rings is 1.